The Morgan fingerprint density at radius 2 is 2.14 bits per heavy atom. The van der Waals surface area contributed by atoms with Crippen LogP contribution in [0.4, 0.5) is 5.69 Å². The minimum absolute atomic E-state index is 0.155. The van der Waals surface area contributed by atoms with Crippen molar-refractivity contribution < 1.29 is 13.3 Å². The van der Waals surface area contributed by atoms with Gasteiger partial charge < -0.3 is 0 Å². The SMILES string of the molecule is Cc1ccc(S(=O)(=O)N/N=C2/CCC[C@H](C)C2)cc1[N+](=O)[O-]. The third-order valence-corrected chi connectivity index (χ3v) is 4.96. The largest absolute Gasteiger partial charge is 0.276 e. The molecule has 0 spiro atoms. The normalized spacial score (nSPS) is 20.8. The Morgan fingerprint density at radius 1 is 1.41 bits per heavy atom. The first-order valence-electron chi connectivity index (χ1n) is 7.12. The molecule has 1 fully saturated rings. The summed E-state index contributed by atoms with van der Waals surface area (Å²) in [5, 5.41) is 14.9. The van der Waals surface area contributed by atoms with Gasteiger partial charge in [-0.15, -0.1) is 0 Å². The molecule has 0 bridgehead atoms. The van der Waals surface area contributed by atoms with Gasteiger partial charge in [-0.05, 0) is 44.6 Å². The highest BCUT2D eigenvalue weighted by atomic mass is 32.2. The topological polar surface area (TPSA) is 102 Å². The van der Waals surface area contributed by atoms with E-state index in [4.69, 9.17) is 0 Å². The van der Waals surface area contributed by atoms with Crippen molar-refractivity contribution in [3.63, 3.8) is 0 Å². The second-order valence-electron chi connectivity index (χ2n) is 5.68. The maximum atomic E-state index is 12.2. The van der Waals surface area contributed by atoms with Gasteiger partial charge in [-0.2, -0.15) is 13.5 Å². The highest BCUT2D eigenvalue weighted by Crippen LogP contribution is 2.23. The van der Waals surface area contributed by atoms with Crippen molar-refractivity contribution in [1.29, 1.82) is 0 Å². The number of hydrogen-bond donors (Lipinski definition) is 1. The monoisotopic (exact) mass is 325 g/mol. The molecule has 0 saturated heterocycles. The molecule has 0 radical (unpaired) electrons. The maximum absolute atomic E-state index is 12.2. The lowest BCUT2D eigenvalue weighted by molar-refractivity contribution is -0.385. The van der Waals surface area contributed by atoms with E-state index >= 15 is 0 Å². The summed E-state index contributed by atoms with van der Waals surface area (Å²) in [6.45, 7) is 3.66. The molecule has 1 aromatic carbocycles. The van der Waals surface area contributed by atoms with Gasteiger partial charge in [0.15, 0.2) is 0 Å². The molecule has 22 heavy (non-hydrogen) atoms. The average Bonchev–Trinajstić information content (AvgIpc) is 2.45. The highest BCUT2D eigenvalue weighted by Gasteiger charge is 2.20. The fourth-order valence-electron chi connectivity index (χ4n) is 2.49. The summed E-state index contributed by atoms with van der Waals surface area (Å²) in [6, 6.07) is 3.82. The lowest BCUT2D eigenvalue weighted by Gasteiger charge is -2.19. The van der Waals surface area contributed by atoms with Crippen LogP contribution in [0.3, 0.4) is 0 Å². The van der Waals surface area contributed by atoms with Crippen molar-refractivity contribution in [3.8, 4) is 0 Å². The van der Waals surface area contributed by atoms with E-state index in [1.54, 1.807) is 6.92 Å². The molecule has 2 rings (SSSR count). The zero-order valence-electron chi connectivity index (χ0n) is 12.6. The maximum Gasteiger partial charge on any atom is 0.276 e. The van der Waals surface area contributed by atoms with Gasteiger partial charge in [-0.25, -0.2) is 4.83 Å². The van der Waals surface area contributed by atoms with Gasteiger partial charge in [0, 0.05) is 17.3 Å². The predicted octanol–water partition coefficient (Wildman–Crippen LogP) is 2.75. The van der Waals surface area contributed by atoms with E-state index in [0.29, 0.717) is 11.5 Å². The Kier molecular flexibility index (Phi) is 4.80. The Hall–Kier alpha value is -1.96. The van der Waals surface area contributed by atoms with E-state index in [0.717, 1.165) is 37.5 Å². The number of nitro groups is 1. The van der Waals surface area contributed by atoms with Crippen LogP contribution in [0.1, 0.15) is 38.2 Å². The molecule has 1 aliphatic rings. The summed E-state index contributed by atoms with van der Waals surface area (Å²) < 4.78 is 24.4. The molecular formula is C14H19N3O4S. The minimum Gasteiger partial charge on any atom is -0.258 e. The Balaban J connectivity index is 2.22. The lowest BCUT2D eigenvalue weighted by atomic mass is 9.89. The number of aryl methyl sites for hydroxylation is 1. The van der Waals surface area contributed by atoms with Gasteiger partial charge in [0.25, 0.3) is 15.7 Å². The van der Waals surface area contributed by atoms with E-state index in [2.05, 4.69) is 16.9 Å². The first kappa shape index (κ1) is 16.4. The quantitative estimate of drug-likeness (QED) is 0.679. The van der Waals surface area contributed by atoms with E-state index in [-0.39, 0.29) is 10.6 Å². The van der Waals surface area contributed by atoms with Crippen LogP contribution in [0.2, 0.25) is 0 Å². The van der Waals surface area contributed by atoms with Crippen LogP contribution in [0.15, 0.2) is 28.2 Å². The number of nitro benzene ring substituents is 1. The fourth-order valence-corrected chi connectivity index (χ4v) is 3.36. The number of benzene rings is 1. The summed E-state index contributed by atoms with van der Waals surface area (Å²) >= 11 is 0. The van der Waals surface area contributed by atoms with Crippen molar-refractivity contribution >= 4 is 21.4 Å². The van der Waals surface area contributed by atoms with Gasteiger partial charge in [-0.3, -0.25) is 10.1 Å². The van der Waals surface area contributed by atoms with Gasteiger partial charge in [-0.1, -0.05) is 13.0 Å². The highest BCUT2D eigenvalue weighted by molar-refractivity contribution is 7.89. The van der Waals surface area contributed by atoms with Gasteiger partial charge in [0.1, 0.15) is 0 Å². The number of sulfonamides is 1. The summed E-state index contributed by atoms with van der Waals surface area (Å²) in [4.78, 5) is 12.3. The summed E-state index contributed by atoms with van der Waals surface area (Å²) in [5.41, 5.74) is 1.02. The van der Waals surface area contributed by atoms with E-state index < -0.39 is 14.9 Å². The summed E-state index contributed by atoms with van der Waals surface area (Å²) in [5.74, 6) is 0.498. The van der Waals surface area contributed by atoms with Gasteiger partial charge in [0.2, 0.25) is 0 Å². The van der Waals surface area contributed by atoms with Gasteiger partial charge >= 0.3 is 0 Å². The first-order valence-corrected chi connectivity index (χ1v) is 8.60. The molecule has 0 unspecified atom stereocenters. The number of hydrogen-bond acceptors (Lipinski definition) is 5. The van der Waals surface area contributed by atoms with Crippen molar-refractivity contribution in [3.05, 3.63) is 33.9 Å². The Morgan fingerprint density at radius 3 is 2.77 bits per heavy atom. The first-order chi connectivity index (χ1) is 10.3. The summed E-state index contributed by atoms with van der Waals surface area (Å²) in [7, 11) is -3.89. The molecule has 7 nitrogen and oxygen atoms in total. The molecule has 0 aromatic heterocycles. The second kappa shape index (κ2) is 6.43. The number of nitrogens with one attached hydrogen (secondary N) is 1. The number of nitrogens with zero attached hydrogens (tertiary/aromatic N) is 2. The molecule has 1 saturated carbocycles. The predicted molar refractivity (Wildman–Crippen MR) is 83.2 cm³/mol. The zero-order chi connectivity index (χ0) is 16.3. The van der Waals surface area contributed by atoms with Crippen LogP contribution in [-0.2, 0) is 10.0 Å². The van der Waals surface area contributed by atoms with E-state index in [9.17, 15) is 18.5 Å². The zero-order valence-corrected chi connectivity index (χ0v) is 13.4. The summed E-state index contributed by atoms with van der Waals surface area (Å²) in [6.07, 6.45) is 3.67. The molecule has 0 amide bonds. The number of rotatable bonds is 4. The smallest absolute Gasteiger partial charge is 0.258 e. The molecule has 1 aliphatic carbocycles. The Labute approximate surface area is 129 Å². The average molecular weight is 325 g/mol. The second-order valence-corrected chi connectivity index (χ2v) is 7.34. The van der Waals surface area contributed by atoms with Crippen LogP contribution in [0.5, 0.6) is 0 Å². The van der Waals surface area contributed by atoms with Crippen molar-refractivity contribution in [2.75, 3.05) is 0 Å². The van der Waals surface area contributed by atoms with Crippen LogP contribution in [-0.4, -0.2) is 19.1 Å². The Bertz CT molecular complexity index is 713. The van der Waals surface area contributed by atoms with Crippen molar-refractivity contribution in [1.82, 2.24) is 4.83 Å². The van der Waals surface area contributed by atoms with Crippen LogP contribution < -0.4 is 4.83 Å². The molecule has 0 aliphatic heterocycles. The molecular weight excluding hydrogens is 306 g/mol. The van der Waals surface area contributed by atoms with Crippen molar-refractivity contribution in [2.24, 2.45) is 11.0 Å². The third-order valence-electron chi connectivity index (χ3n) is 3.76. The van der Waals surface area contributed by atoms with Crippen molar-refractivity contribution in [2.45, 2.75) is 44.4 Å². The third kappa shape index (κ3) is 3.82. The number of hydrazone groups is 1. The molecule has 1 N–H and O–H groups in total. The molecule has 8 heteroatoms. The molecule has 120 valence electrons. The lowest BCUT2D eigenvalue weighted by Crippen LogP contribution is -2.22. The molecule has 1 atom stereocenters. The van der Waals surface area contributed by atoms with Gasteiger partial charge in [0.05, 0.1) is 9.82 Å². The van der Waals surface area contributed by atoms with Crippen LogP contribution in [0.25, 0.3) is 0 Å². The van der Waals surface area contributed by atoms with Crippen LogP contribution >= 0.6 is 0 Å². The minimum atomic E-state index is -3.89. The van der Waals surface area contributed by atoms with Crippen LogP contribution in [0, 0.1) is 23.0 Å². The fraction of sp³-hybridized carbons (Fsp3) is 0.500. The standard InChI is InChI=1S/C14H19N3O4S/c1-10-4-3-5-12(8-10)15-16-22(20,21)13-7-6-11(2)14(9-13)17(18)19/h6-7,9-10,16H,3-5,8H2,1-2H3/b15-12-/t10-/m0/s1. The molecule has 1 aromatic rings. The van der Waals surface area contributed by atoms with E-state index in [1.807, 2.05) is 0 Å². The van der Waals surface area contributed by atoms with E-state index in [1.165, 1.54) is 12.1 Å². The molecule has 0 heterocycles.